The predicted molar refractivity (Wildman–Crippen MR) is 311 cm³/mol. The molecule has 0 fully saturated rings. The molecule has 5 heteroatoms. The monoisotopic (exact) mass is 1060 g/mol. The van der Waals surface area contributed by atoms with Crippen molar-refractivity contribution < 1.29 is 0 Å². The van der Waals surface area contributed by atoms with Crippen molar-refractivity contribution in [3.8, 4) is 0 Å². The molecular weight excluding hydrogens is 944 g/mol. The summed E-state index contributed by atoms with van der Waals surface area (Å²) in [7, 11) is 0. The molecule has 59 heavy (non-hydrogen) atoms. The van der Waals surface area contributed by atoms with E-state index in [1.165, 1.54) is 12.8 Å². The number of anilines is 1. The van der Waals surface area contributed by atoms with Gasteiger partial charge in [-0.2, -0.15) is 10.2 Å². The summed E-state index contributed by atoms with van der Waals surface area (Å²) in [5, 5.41) is 8.20. The summed E-state index contributed by atoms with van der Waals surface area (Å²) >= 11 is 4.24. The second-order valence-corrected chi connectivity index (χ2v) is 6.85. The van der Waals surface area contributed by atoms with Crippen LogP contribution < -0.4 is 5.73 Å². The molecule has 4 aromatic carbocycles. The number of rotatable bonds is 2. The highest BCUT2D eigenvalue weighted by Gasteiger charge is 1.86. The van der Waals surface area contributed by atoms with Crippen LogP contribution in [0.5, 0.6) is 0 Å². The SMILES string of the molecule is CC.CC.CC.CC.CC.CC.CC.CC.CC.CC.CC.CC.CCC.CCC.II.Nc1ccccc1.c1ccc(N=Nc2ccccc2)cc1.c1ccccc1. The minimum absolute atomic E-state index is 0.822. The highest BCUT2D eigenvalue weighted by atomic mass is 128. The van der Waals surface area contributed by atoms with E-state index in [0.717, 1.165) is 17.1 Å². The van der Waals surface area contributed by atoms with Crippen LogP contribution in [0.25, 0.3) is 0 Å². The van der Waals surface area contributed by atoms with E-state index >= 15 is 0 Å². The van der Waals surface area contributed by atoms with E-state index in [0.29, 0.717) is 0 Å². The number of nitrogens with two attached hydrogens (primary N) is 1. The second kappa shape index (κ2) is 166. The van der Waals surface area contributed by atoms with E-state index in [-0.39, 0.29) is 0 Å². The molecule has 0 saturated carbocycles. The van der Waals surface area contributed by atoms with Crippen LogP contribution in [0.1, 0.15) is 207 Å². The summed E-state index contributed by atoms with van der Waals surface area (Å²) in [6.45, 7) is 56.5. The van der Waals surface area contributed by atoms with E-state index in [9.17, 15) is 0 Å². The van der Waals surface area contributed by atoms with Crippen LogP contribution in [0, 0.1) is 0 Å². The number of para-hydroxylation sites is 1. The van der Waals surface area contributed by atoms with Crippen molar-refractivity contribution in [3.63, 3.8) is 0 Å². The van der Waals surface area contributed by atoms with Gasteiger partial charge < -0.3 is 5.73 Å². The van der Waals surface area contributed by atoms with Crippen LogP contribution in [-0.4, -0.2) is 0 Å². The van der Waals surface area contributed by atoms with E-state index < -0.39 is 0 Å². The summed E-state index contributed by atoms with van der Waals surface area (Å²) in [6.07, 6.45) is 2.50. The lowest BCUT2D eigenvalue weighted by atomic mass is 10.3. The first-order valence-electron chi connectivity index (χ1n) is 23.6. The number of hydrogen-bond acceptors (Lipinski definition) is 3. The van der Waals surface area contributed by atoms with Gasteiger partial charge >= 0.3 is 0 Å². The number of nitrogen functional groups attached to an aromatic ring is 1. The number of hydrogen-bond donors (Lipinski definition) is 1. The molecular formula is C54H111I2N3. The summed E-state index contributed by atoms with van der Waals surface area (Å²) < 4.78 is 0. The quantitative estimate of drug-likeness (QED) is 0.121. The van der Waals surface area contributed by atoms with Crippen molar-refractivity contribution in [2.75, 3.05) is 5.73 Å². The Morgan fingerprint density at radius 1 is 0.288 bits per heavy atom. The summed E-state index contributed by atoms with van der Waals surface area (Å²) in [5.74, 6) is 0. The number of azo groups is 1. The fourth-order valence-electron chi connectivity index (χ4n) is 1.94. The number of benzene rings is 4. The van der Waals surface area contributed by atoms with E-state index in [1.54, 1.807) is 0 Å². The van der Waals surface area contributed by atoms with Crippen molar-refractivity contribution in [2.24, 2.45) is 10.2 Å². The summed E-state index contributed by atoms with van der Waals surface area (Å²) in [5.41, 5.74) is 7.92. The maximum atomic E-state index is 5.36. The van der Waals surface area contributed by atoms with Gasteiger partial charge in [0.05, 0.1) is 11.4 Å². The molecule has 0 aliphatic heterocycles. The van der Waals surface area contributed by atoms with Crippen molar-refractivity contribution in [1.29, 1.82) is 0 Å². The van der Waals surface area contributed by atoms with Gasteiger partial charge in [0, 0.05) is 42.9 Å². The maximum absolute atomic E-state index is 5.36. The molecule has 0 saturated heterocycles. The molecule has 0 aliphatic carbocycles. The number of halogens is 2. The zero-order valence-corrected chi connectivity index (χ0v) is 49.6. The Labute approximate surface area is 401 Å². The van der Waals surface area contributed by atoms with Crippen molar-refractivity contribution in [1.82, 2.24) is 0 Å². The highest BCUT2D eigenvalue weighted by molar-refractivity contribution is 15.0. The van der Waals surface area contributed by atoms with Gasteiger partial charge in [-0.05, 0) is 36.4 Å². The first-order chi connectivity index (χ1) is 29.2. The topological polar surface area (TPSA) is 50.7 Å². The molecule has 0 unspecified atom stereocenters. The summed E-state index contributed by atoms with van der Waals surface area (Å²) in [4.78, 5) is 0. The third kappa shape index (κ3) is 150. The van der Waals surface area contributed by atoms with E-state index in [2.05, 4.69) is 75.2 Å². The predicted octanol–water partition coefficient (Wildman–Crippen LogP) is 24.0. The van der Waals surface area contributed by atoms with Crippen molar-refractivity contribution >= 4 is 54.3 Å². The standard InChI is InChI=1S/C12H10N2.C6H7N.C6H6.2C3H8.12C2H6.I2/c1-3-7-11(8-4-1)13-14-12-9-5-2-6-10-12;7-6-4-2-1-3-5-6;1-2-4-6-5-3-1;2*1-3-2;13*1-2/h1-10H;1-5H,7H2;1-6H;2*3H2,1-2H3;12*1-2H3;. The third-order valence-electron chi connectivity index (χ3n) is 3.26. The first-order valence-corrected chi connectivity index (χ1v) is 29.9. The molecule has 0 aromatic heterocycles. The normalized spacial score (nSPS) is 6.27. The van der Waals surface area contributed by atoms with Gasteiger partial charge in [0.1, 0.15) is 0 Å². The molecule has 0 heterocycles. The molecule has 0 atom stereocenters. The van der Waals surface area contributed by atoms with Crippen LogP contribution in [0.15, 0.2) is 138 Å². The smallest absolute Gasteiger partial charge is 0.0857 e. The van der Waals surface area contributed by atoms with Gasteiger partial charge in [-0.15, -0.1) is 0 Å². The van der Waals surface area contributed by atoms with Crippen LogP contribution in [0.2, 0.25) is 0 Å². The second-order valence-electron chi connectivity index (χ2n) is 6.85. The lowest BCUT2D eigenvalue weighted by molar-refractivity contribution is 1.09. The zero-order valence-electron chi connectivity index (χ0n) is 45.3. The third-order valence-corrected chi connectivity index (χ3v) is 3.26. The molecule has 2 N–H and O–H groups in total. The van der Waals surface area contributed by atoms with Gasteiger partial charge in [-0.1, -0.05) is 298 Å². The Morgan fingerprint density at radius 2 is 0.407 bits per heavy atom. The molecule has 0 amide bonds. The van der Waals surface area contributed by atoms with Crippen LogP contribution >= 0.6 is 37.2 Å². The molecule has 356 valence electrons. The summed E-state index contributed by atoms with van der Waals surface area (Å²) in [6, 6.07) is 40.9. The fraction of sp³-hybridized carbons (Fsp3) is 0.556. The molecule has 0 aliphatic rings. The maximum Gasteiger partial charge on any atom is 0.0857 e. The number of nitrogens with zero attached hydrogens (tertiary/aromatic N) is 2. The minimum Gasteiger partial charge on any atom is -0.399 e. The van der Waals surface area contributed by atoms with E-state index in [1.807, 2.05) is 294 Å². The van der Waals surface area contributed by atoms with Crippen molar-refractivity contribution in [3.05, 3.63) is 127 Å². The van der Waals surface area contributed by atoms with Gasteiger partial charge in [-0.25, -0.2) is 0 Å². The largest absolute Gasteiger partial charge is 0.399 e. The Kier molecular flexibility index (Phi) is 271. The lowest BCUT2D eigenvalue weighted by Gasteiger charge is -1.91. The minimum atomic E-state index is 0.822. The molecule has 0 bridgehead atoms. The zero-order chi connectivity index (χ0) is 50.4. The Balaban J connectivity index is -0.0000000330. The Hall–Kier alpha value is -2.26. The molecule has 4 aromatic rings. The van der Waals surface area contributed by atoms with Gasteiger partial charge in [0.25, 0.3) is 0 Å². The van der Waals surface area contributed by atoms with Crippen LogP contribution in [0.4, 0.5) is 17.1 Å². The van der Waals surface area contributed by atoms with Crippen LogP contribution in [-0.2, 0) is 0 Å². The van der Waals surface area contributed by atoms with Crippen molar-refractivity contribution in [2.45, 2.75) is 207 Å². The fourth-order valence-corrected chi connectivity index (χ4v) is 1.94. The van der Waals surface area contributed by atoms with Gasteiger partial charge in [0.2, 0.25) is 0 Å². The van der Waals surface area contributed by atoms with E-state index in [4.69, 9.17) is 5.73 Å². The van der Waals surface area contributed by atoms with Gasteiger partial charge in [-0.3, -0.25) is 0 Å². The Morgan fingerprint density at radius 3 is 0.525 bits per heavy atom. The average molecular weight is 1060 g/mol. The molecule has 0 radical (unpaired) electrons. The Bertz CT molecular complexity index is 839. The highest BCUT2D eigenvalue weighted by Crippen LogP contribution is 2.16. The first kappa shape index (κ1) is 96.5. The van der Waals surface area contributed by atoms with Crippen LogP contribution in [0.3, 0.4) is 0 Å². The molecule has 0 spiro atoms. The average Bonchev–Trinajstić information content (AvgIpc) is 3.39. The molecule has 4 rings (SSSR count). The molecule has 3 nitrogen and oxygen atoms in total. The lowest BCUT2D eigenvalue weighted by Crippen LogP contribution is -1.79. The van der Waals surface area contributed by atoms with Gasteiger partial charge in [0.15, 0.2) is 0 Å².